The first kappa shape index (κ1) is 17.1. The molecular formula is C17H13F2N3O2S. The third-order valence-corrected chi connectivity index (χ3v) is 4.24. The van der Waals surface area contributed by atoms with Crippen molar-refractivity contribution in [1.29, 1.82) is 0 Å². The fourth-order valence-corrected chi connectivity index (χ4v) is 2.98. The number of halogens is 2. The maximum absolute atomic E-state index is 12.4. The molecule has 1 N–H and O–H groups in total. The highest BCUT2D eigenvalue weighted by Gasteiger charge is 2.13. The van der Waals surface area contributed by atoms with Gasteiger partial charge in [0.15, 0.2) is 0 Å². The van der Waals surface area contributed by atoms with Crippen molar-refractivity contribution in [2.24, 2.45) is 0 Å². The molecule has 0 radical (unpaired) electrons. The van der Waals surface area contributed by atoms with Crippen molar-refractivity contribution in [2.45, 2.75) is 11.6 Å². The van der Waals surface area contributed by atoms with Gasteiger partial charge in [-0.25, -0.2) is 0 Å². The lowest BCUT2D eigenvalue weighted by Crippen LogP contribution is -2.15. The smallest absolute Gasteiger partial charge is 0.387 e. The Morgan fingerprint density at radius 2 is 1.92 bits per heavy atom. The molecule has 0 aliphatic carbocycles. The second kappa shape index (κ2) is 7.89. The van der Waals surface area contributed by atoms with Gasteiger partial charge < -0.3 is 10.1 Å². The van der Waals surface area contributed by atoms with E-state index in [0.717, 1.165) is 10.8 Å². The van der Waals surface area contributed by atoms with Gasteiger partial charge in [0.2, 0.25) is 5.91 Å². The molecule has 1 amide bonds. The molecule has 3 rings (SSSR count). The molecule has 0 atom stereocenters. The SMILES string of the molecule is O=C(CSc1nncc2ccccc12)Nc1ccccc1OC(F)F. The molecule has 0 fully saturated rings. The molecule has 128 valence electrons. The molecule has 5 nitrogen and oxygen atoms in total. The van der Waals surface area contributed by atoms with E-state index in [0.29, 0.717) is 5.03 Å². The van der Waals surface area contributed by atoms with Gasteiger partial charge in [0.1, 0.15) is 10.8 Å². The van der Waals surface area contributed by atoms with Crippen molar-refractivity contribution >= 4 is 34.1 Å². The van der Waals surface area contributed by atoms with Crippen LogP contribution in [0.4, 0.5) is 14.5 Å². The van der Waals surface area contributed by atoms with Crippen LogP contribution >= 0.6 is 11.8 Å². The van der Waals surface area contributed by atoms with Crippen LogP contribution in [0.25, 0.3) is 10.8 Å². The molecule has 1 aromatic heterocycles. The number of anilines is 1. The minimum absolute atomic E-state index is 0.0612. The topological polar surface area (TPSA) is 64.1 Å². The van der Waals surface area contributed by atoms with Crippen LogP contribution in [-0.2, 0) is 4.79 Å². The zero-order chi connectivity index (χ0) is 17.6. The van der Waals surface area contributed by atoms with Crippen LogP contribution in [0.3, 0.4) is 0 Å². The number of carbonyl (C=O) groups is 1. The van der Waals surface area contributed by atoms with Crippen LogP contribution < -0.4 is 10.1 Å². The zero-order valence-corrected chi connectivity index (χ0v) is 13.7. The average Bonchev–Trinajstić information content (AvgIpc) is 2.61. The van der Waals surface area contributed by atoms with Crippen LogP contribution in [-0.4, -0.2) is 28.5 Å². The summed E-state index contributed by atoms with van der Waals surface area (Å²) in [5.74, 6) is -0.378. The Kier molecular flexibility index (Phi) is 5.39. The number of nitrogens with one attached hydrogen (secondary N) is 1. The summed E-state index contributed by atoms with van der Waals surface area (Å²) in [6, 6.07) is 13.6. The Morgan fingerprint density at radius 1 is 1.16 bits per heavy atom. The van der Waals surface area contributed by atoms with Gasteiger partial charge in [0.05, 0.1) is 17.6 Å². The van der Waals surface area contributed by atoms with E-state index in [2.05, 4.69) is 20.3 Å². The third-order valence-electron chi connectivity index (χ3n) is 3.25. The molecule has 1 heterocycles. The van der Waals surface area contributed by atoms with E-state index in [1.54, 1.807) is 18.3 Å². The van der Waals surface area contributed by atoms with Gasteiger partial charge >= 0.3 is 6.61 Å². The van der Waals surface area contributed by atoms with Crippen LogP contribution in [0.1, 0.15) is 0 Å². The average molecular weight is 361 g/mol. The van der Waals surface area contributed by atoms with Crippen LogP contribution in [0.2, 0.25) is 0 Å². The molecule has 0 unspecified atom stereocenters. The predicted molar refractivity (Wildman–Crippen MR) is 92.0 cm³/mol. The fraction of sp³-hybridized carbons (Fsp3) is 0.118. The van der Waals surface area contributed by atoms with Gasteiger partial charge in [-0.3, -0.25) is 4.79 Å². The molecule has 0 aliphatic heterocycles. The van der Waals surface area contributed by atoms with Crippen LogP contribution in [0, 0.1) is 0 Å². The molecule has 3 aromatic rings. The van der Waals surface area contributed by atoms with Gasteiger partial charge in [0, 0.05) is 10.8 Å². The molecule has 0 spiro atoms. The minimum Gasteiger partial charge on any atom is -0.433 e. The fourth-order valence-electron chi connectivity index (χ4n) is 2.20. The lowest BCUT2D eigenvalue weighted by atomic mass is 10.2. The maximum Gasteiger partial charge on any atom is 0.387 e. The number of amides is 1. The summed E-state index contributed by atoms with van der Waals surface area (Å²) < 4.78 is 29.2. The van der Waals surface area contributed by atoms with Crippen LogP contribution in [0.5, 0.6) is 5.75 Å². The summed E-state index contributed by atoms with van der Waals surface area (Å²) in [5, 5.41) is 13.0. The monoisotopic (exact) mass is 361 g/mol. The van der Waals surface area contributed by atoms with E-state index < -0.39 is 6.61 Å². The molecule has 0 saturated heterocycles. The summed E-state index contributed by atoms with van der Waals surface area (Å²) in [7, 11) is 0. The van der Waals surface area contributed by atoms with Crippen molar-refractivity contribution in [1.82, 2.24) is 10.2 Å². The van der Waals surface area contributed by atoms with Crippen molar-refractivity contribution in [3.05, 3.63) is 54.7 Å². The van der Waals surface area contributed by atoms with E-state index in [1.165, 1.54) is 23.9 Å². The maximum atomic E-state index is 12.4. The van der Waals surface area contributed by atoms with Crippen molar-refractivity contribution < 1.29 is 18.3 Å². The first-order chi connectivity index (χ1) is 12.1. The Bertz CT molecular complexity index is 887. The third kappa shape index (κ3) is 4.42. The lowest BCUT2D eigenvalue weighted by molar-refractivity contribution is -0.113. The molecule has 0 saturated carbocycles. The van der Waals surface area contributed by atoms with Gasteiger partial charge in [-0.1, -0.05) is 48.2 Å². The minimum atomic E-state index is -2.96. The van der Waals surface area contributed by atoms with E-state index in [1.807, 2.05) is 24.3 Å². The first-order valence-electron chi connectivity index (χ1n) is 7.30. The summed E-state index contributed by atoms with van der Waals surface area (Å²) in [4.78, 5) is 12.1. The Hall–Kier alpha value is -2.74. The number of ether oxygens (including phenoxy) is 1. The second-order valence-corrected chi connectivity index (χ2v) is 5.91. The number of rotatable bonds is 6. The van der Waals surface area contributed by atoms with Gasteiger partial charge in [-0.15, -0.1) is 5.10 Å². The van der Waals surface area contributed by atoms with Gasteiger partial charge in [-0.2, -0.15) is 13.9 Å². The Balaban J connectivity index is 1.67. The van der Waals surface area contributed by atoms with E-state index >= 15 is 0 Å². The van der Waals surface area contributed by atoms with Crippen molar-refractivity contribution in [3.8, 4) is 5.75 Å². The van der Waals surface area contributed by atoms with Gasteiger partial charge in [-0.05, 0) is 12.1 Å². The summed E-state index contributed by atoms with van der Waals surface area (Å²) in [5.41, 5.74) is 0.192. The second-order valence-electron chi connectivity index (χ2n) is 4.95. The molecule has 0 bridgehead atoms. The molecule has 25 heavy (non-hydrogen) atoms. The van der Waals surface area contributed by atoms with Crippen molar-refractivity contribution in [2.75, 3.05) is 11.1 Å². The number of alkyl halides is 2. The number of para-hydroxylation sites is 2. The quantitative estimate of drug-likeness (QED) is 0.673. The molecular weight excluding hydrogens is 348 g/mol. The largest absolute Gasteiger partial charge is 0.433 e. The highest BCUT2D eigenvalue weighted by molar-refractivity contribution is 8.00. The summed E-state index contributed by atoms with van der Waals surface area (Å²) in [6.07, 6.45) is 1.65. The summed E-state index contributed by atoms with van der Waals surface area (Å²) in [6.45, 7) is -2.96. The summed E-state index contributed by atoms with van der Waals surface area (Å²) >= 11 is 1.22. The number of hydrogen-bond donors (Lipinski definition) is 1. The number of aromatic nitrogens is 2. The van der Waals surface area contributed by atoms with E-state index in [-0.39, 0.29) is 23.1 Å². The normalized spacial score (nSPS) is 10.8. The van der Waals surface area contributed by atoms with Crippen LogP contribution in [0.15, 0.2) is 59.8 Å². The van der Waals surface area contributed by atoms with Crippen molar-refractivity contribution in [3.63, 3.8) is 0 Å². The Morgan fingerprint density at radius 3 is 2.76 bits per heavy atom. The molecule has 8 heteroatoms. The zero-order valence-electron chi connectivity index (χ0n) is 12.9. The Labute approximate surface area is 146 Å². The van der Waals surface area contributed by atoms with E-state index in [9.17, 15) is 13.6 Å². The predicted octanol–water partition coefficient (Wildman–Crippen LogP) is 3.96. The van der Waals surface area contributed by atoms with E-state index in [4.69, 9.17) is 0 Å². The lowest BCUT2D eigenvalue weighted by Gasteiger charge is -2.11. The highest BCUT2D eigenvalue weighted by atomic mass is 32.2. The molecule has 2 aromatic carbocycles. The first-order valence-corrected chi connectivity index (χ1v) is 8.29. The number of nitrogens with zero attached hydrogens (tertiary/aromatic N) is 2. The number of thioether (sulfide) groups is 1. The number of benzene rings is 2. The number of carbonyl (C=O) groups excluding carboxylic acids is 1. The molecule has 0 aliphatic rings. The number of hydrogen-bond acceptors (Lipinski definition) is 5. The highest BCUT2D eigenvalue weighted by Crippen LogP contribution is 2.27. The standard InChI is InChI=1S/C17H13F2N3O2S/c18-17(19)24-14-8-4-3-7-13(14)21-15(23)10-25-16-12-6-2-1-5-11(12)9-20-22-16/h1-9,17H,10H2,(H,21,23). The number of fused-ring (bicyclic) bond motifs is 1. The van der Waals surface area contributed by atoms with Gasteiger partial charge in [0.25, 0.3) is 0 Å².